The van der Waals surface area contributed by atoms with Crippen LogP contribution in [0.25, 0.3) is 0 Å². The van der Waals surface area contributed by atoms with Gasteiger partial charge in [0, 0.05) is 25.4 Å². The summed E-state index contributed by atoms with van der Waals surface area (Å²) in [6.45, 7) is 3.82. The number of methoxy groups -OCH3 is 1. The molecule has 1 atom stereocenters. The molecule has 1 aliphatic heterocycles. The molecule has 2 rings (SSSR count). The molecule has 1 saturated heterocycles. The smallest absolute Gasteiger partial charge is 0.191 e. The molecule has 0 aromatic heterocycles. The molecule has 1 aliphatic rings. The second kappa shape index (κ2) is 8.17. The Morgan fingerprint density at radius 1 is 1.43 bits per heavy atom. The molecule has 5 heteroatoms. The van der Waals surface area contributed by atoms with Crippen molar-refractivity contribution in [3.63, 3.8) is 0 Å². The Balaban J connectivity index is 1.80. The Bertz CT molecular complexity index is 484. The number of guanidine groups is 1. The van der Waals surface area contributed by atoms with Crippen molar-refractivity contribution in [1.82, 2.24) is 10.6 Å². The van der Waals surface area contributed by atoms with Crippen molar-refractivity contribution >= 4 is 17.7 Å². The summed E-state index contributed by atoms with van der Waals surface area (Å²) in [4.78, 5) is 4.28. The van der Waals surface area contributed by atoms with Crippen molar-refractivity contribution in [2.45, 2.75) is 31.6 Å². The van der Waals surface area contributed by atoms with Gasteiger partial charge in [0.25, 0.3) is 0 Å². The molecule has 1 aromatic carbocycles. The highest BCUT2D eigenvalue weighted by atomic mass is 32.2. The number of thioether (sulfide) groups is 1. The highest BCUT2D eigenvalue weighted by Crippen LogP contribution is 2.25. The zero-order valence-corrected chi connectivity index (χ0v) is 13.9. The lowest BCUT2D eigenvalue weighted by Gasteiger charge is -2.15. The van der Waals surface area contributed by atoms with E-state index in [0.29, 0.717) is 0 Å². The molecule has 0 aliphatic carbocycles. The van der Waals surface area contributed by atoms with Crippen molar-refractivity contribution in [2.24, 2.45) is 4.99 Å². The summed E-state index contributed by atoms with van der Waals surface area (Å²) in [6.07, 6.45) is 2.65. The molecule has 0 bridgehead atoms. The van der Waals surface area contributed by atoms with E-state index < -0.39 is 0 Å². The van der Waals surface area contributed by atoms with Gasteiger partial charge in [0.1, 0.15) is 5.75 Å². The fraction of sp³-hybridized carbons (Fsp3) is 0.562. The minimum absolute atomic E-state index is 0.729. The van der Waals surface area contributed by atoms with Gasteiger partial charge in [-0.05, 0) is 42.7 Å². The average Bonchev–Trinajstić information content (AvgIpc) is 3.01. The van der Waals surface area contributed by atoms with Crippen LogP contribution in [-0.4, -0.2) is 37.7 Å². The van der Waals surface area contributed by atoms with E-state index in [9.17, 15) is 0 Å². The molecular formula is C16H25N3OS. The fourth-order valence-corrected chi connectivity index (χ4v) is 3.67. The van der Waals surface area contributed by atoms with Gasteiger partial charge in [-0.15, -0.1) is 0 Å². The third kappa shape index (κ3) is 4.84. The molecule has 0 amide bonds. The molecule has 1 fully saturated rings. The summed E-state index contributed by atoms with van der Waals surface area (Å²) < 4.78 is 5.28. The first-order valence-electron chi connectivity index (χ1n) is 7.42. The summed E-state index contributed by atoms with van der Waals surface area (Å²) in [5.41, 5.74) is 2.38. The molecule has 0 radical (unpaired) electrons. The van der Waals surface area contributed by atoms with Crippen LogP contribution in [0.5, 0.6) is 5.75 Å². The Morgan fingerprint density at radius 2 is 2.29 bits per heavy atom. The standard InChI is InChI=1S/C16H25N3OS/c1-12-9-13(6-7-15(12)20-3)10-18-16(17-2)19-11-14-5-4-8-21-14/h6-7,9,14H,4-5,8,10-11H2,1-3H3,(H2,17,18,19). The monoisotopic (exact) mass is 307 g/mol. The topological polar surface area (TPSA) is 45.7 Å². The molecule has 0 spiro atoms. The highest BCUT2D eigenvalue weighted by Gasteiger charge is 2.15. The molecule has 1 unspecified atom stereocenters. The van der Waals surface area contributed by atoms with Gasteiger partial charge in [-0.1, -0.05) is 12.1 Å². The summed E-state index contributed by atoms with van der Waals surface area (Å²) in [5, 5.41) is 7.50. The fourth-order valence-electron chi connectivity index (χ4n) is 2.47. The maximum absolute atomic E-state index is 5.28. The molecule has 1 heterocycles. The second-order valence-corrected chi connectivity index (χ2v) is 6.65. The first-order chi connectivity index (χ1) is 10.2. The van der Waals surface area contributed by atoms with Crippen molar-refractivity contribution in [3.8, 4) is 5.75 Å². The van der Waals surface area contributed by atoms with Crippen LogP contribution in [0.15, 0.2) is 23.2 Å². The van der Waals surface area contributed by atoms with Crippen LogP contribution in [0.2, 0.25) is 0 Å². The number of rotatable bonds is 5. The first-order valence-corrected chi connectivity index (χ1v) is 8.47. The van der Waals surface area contributed by atoms with Gasteiger partial charge in [0.2, 0.25) is 0 Å². The number of aryl methyl sites for hydroxylation is 1. The van der Waals surface area contributed by atoms with Crippen molar-refractivity contribution < 1.29 is 4.74 Å². The molecule has 2 N–H and O–H groups in total. The Kier molecular flexibility index (Phi) is 6.23. The predicted octanol–water partition coefficient (Wildman–Crippen LogP) is 2.56. The number of benzene rings is 1. The molecule has 21 heavy (non-hydrogen) atoms. The van der Waals surface area contributed by atoms with Crippen molar-refractivity contribution in [2.75, 3.05) is 26.5 Å². The van der Waals surface area contributed by atoms with E-state index in [2.05, 4.69) is 46.4 Å². The van der Waals surface area contributed by atoms with Gasteiger partial charge >= 0.3 is 0 Å². The van der Waals surface area contributed by atoms with Crippen LogP contribution in [0.1, 0.15) is 24.0 Å². The Morgan fingerprint density at radius 3 is 2.90 bits per heavy atom. The van der Waals surface area contributed by atoms with E-state index in [-0.39, 0.29) is 0 Å². The highest BCUT2D eigenvalue weighted by molar-refractivity contribution is 8.00. The Labute approximate surface area is 131 Å². The van der Waals surface area contributed by atoms with Gasteiger partial charge < -0.3 is 15.4 Å². The van der Waals surface area contributed by atoms with Gasteiger partial charge in [-0.3, -0.25) is 4.99 Å². The third-order valence-corrected chi connectivity index (χ3v) is 5.06. The van der Waals surface area contributed by atoms with Crippen LogP contribution in [0.4, 0.5) is 0 Å². The van der Waals surface area contributed by atoms with Crippen LogP contribution < -0.4 is 15.4 Å². The second-order valence-electron chi connectivity index (χ2n) is 5.25. The molecule has 0 saturated carbocycles. The van der Waals surface area contributed by atoms with E-state index in [1.54, 1.807) is 7.11 Å². The lowest BCUT2D eigenvalue weighted by atomic mass is 10.1. The molecule has 116 valence electrons. The van der Waals surface area contributed by atoms with Crippen molar-refractivity contribution in [3.05, 3.63) is 29.3 Å². The lowest BCUT2D eigenvalue weighted by molar-refractivity contribution is 0.411. The largest absolute Gasteiger partial charge is 0.496 e. The zero-order valence-electron chi connectivity index (χ0n) is 13.1. The maximum Gasteiger partial charge on any atom is 0.191 e. The number of nitrogens with zero attached hydrogens (tertiary/aromatic N) is 1. The van der Waals surface area contributed by atoms with E-state index in [0.717, 1.165) is 35.6 Å². The van der Waals surface area contributed by atoms with Crippen LogP contribution in [-0.2, 0) is 6.54 Å². The summed E-state index contributed by atoms with van der Waals surface area (Å²) >= 11 is 2.06. The summed E-state index contributed by atoms with van der Waals surface area (Å²) in [6, 6.07) is 6.24. The summed E-state index contributed by atoms with van der Waals surface area (Å²) in [5.74, 6) is 3.10. The van der Waals surface area contributed by atoms with Gasteiger partial charge in [0.15, 0.2) is 5.96 Å². The van der Waals surface area contributed by atoms with E-state index in [4.69, 9.17) is 4.74 Å². The quantitative estimate of drug-likeness (QED) is 0.648. The predicted molar refractivity (Wildman–Crippen MR) is 91.4 cm³/mol. The maximum atomic E-state index is 5.28. The lowest BCUT2D eigenvalue weighted by Crippen LogP contribution is -2.39. The molecule has 4 nitrogen and oxygen atoms in total. The Hall–Kier alpha value is -1.36. The molecular weight excluding hydrogens is 282 g/mol. The normalized spacial score (nSPS) is 18.6. The van der Waals surface area contributed by atoms with Crippen molar-refractivity contribution in [1.29, 1.82) is 0 Å². The van der Waals surface area contributed by atoms with Crippen LogP contribution >= 0.6 is 11.8 Å². The van der Waals surface area contributed by atoms with Gasteiger partial charge in [-0.2, -0.15) is 11.8 Å². The van der Waals surface area contributed by atoms with Gasteiger partial charge in [0.05, 0.1) is 7.11 Å². The van der Waals surface area contributed by atoms with E-state index in [1.807, 2.05) is 13.1 Å². The minimum Gasteiger partial charge on any atom is -0.496 e. The third-order valence-electron chi connectivity index (χ3n) is 3.66. The van der Waals surface area contributed by atoms with Crippen LogP contribution in [0.3, 0.4) is 0 Å². The molecule has 1 aromatic rings. The number of hydrogen-bond donors (Lipinski definition) is 2. The van der Waals surface area contributed by atoms with Gasteiger partial charge in [-0.25, -0.2) is 0 Å². The van der Waals surface area contributed by atoms with E-state index >= 15 is 0 Å². The SMILES string of the molecule is CN=C(NCc1ccc(OC)c(C)c1)NCC1CCCS1. The number of hydrogen-bond acceptors (Lipinski definition) is 3. The van der Waals surface area contributed by atoms with Crippen LogP contribution in [0, 0.1) is 6.92 Å². The zero-order chi connectivity index (χ0) is 15.1. The number of aliphatic imine (C=N–C) groups is 1. The number of nitrogens with one attached hydrogen (secondary N) is 2. The summed E-state index contributed by atoms with van der Waals surface area (Å²) in [7, 11) is 3.52. The number of ether oxygens (including phenoxy) is 1. The first kappa shape index (κ1) is 16.0. The average molecular weight is 307 g/mol. The van der Waals surface area contributed by atoms with E-state index in [1.165, 1.54) is 24.2 Å². The minimum atomic E-state index is 0.729.